The van der Waals surface area contributed by atoms with Crippen LogP contribution in [0.5, 0.6) is 0 Å². The van der Waals surface area contributed by atoms with E-state index in [0.717, 1.165) is 18.7 Å². The second kappa shape index (κ2) is 5.80. The van der Waals surface area contributed by atoms with Crippen molar-refractivity contribution in [1.29, 1.82) is 0 Å². The van der Waals surface area contributed by atoms with Gasteiger partial charge in [-0.15, -0.1) is 6.58 Å². The van der Waals surface area contributed by atoms with Crippen LogP contribution in [0, 0.1) is 0 Å². The molecular formula is C12H17N3O. The summed E-state index contributed by atoms with van der Waals surface area (Å²) < 4.78 is 0. The highest BCUT2D eigenvalue weighted by molar-refractivity contribution is 5.95. The Morgan fingerprint density at radius 3 is 2.88 bits per heavy atom. The Morgan fingerprint density at radius 1 is 1.56 bits per heavy atom. The fourth-order valence-corrected chi connectivity index (χ4v) is 1.32. The van der Waals surface area contributed by atoms with Crippen molar-refractivity contribution in [3.63, 3.8) is 0 Å². The number of nitrogen functional groups attached to an aromatic ring is 1. The van der Waals surface area contributed by atoms with E-state index in [2.05, 4.69) is 17.2 Å². The fourth-order valence-electron chi connectivity index (χ4n) is 1.32. The molecule has 0 saturated carbocycles. The van der Waals surface area contributed by atoms with Crippen molar-refractivity contribution in [3.8, 4) is 0 Å². The minimum absolute atomic E-state index is 0.135. The lowest BCUT2D eigenvalue weighted by Gasteiger charge is -2.09. The van der Waals surface area contributed by atoms with Gasteiger partial charge < -0.3 is 16.4 Å². The number of anilines is 2. The molecule has 0 bridgehead atoms. The zero-order valence-electron chi connectivity index (χ0n) is 9.42. The van der Waals surface area contributed by atoms with Crippen LogP contribution < -0.4 is 16.4 Å². The minimum atomic E-state index is -0.135. The lowest BCUT2D eigenvalue weighted by molar-refractivity contribution is 0.0963. The van der Waals surface area contributed by atoms with E-state index in [1.807, 2.05) is 12.1 Å². The summed E-state index contributed by atoms with van der Waals surface area (Å²) in [4.78, 5) is 11.3. The van der Waals surface area contributed by atoms with Crippen molar-refractivity contribution < 1.29 is 4.79 Å². The molecule has 0 atom stereocenters. The maximum absolute atomic E-state index is 11.3. The summed E-state index contributed by atoms with van der Waals surface area (Å²) in [5.74, 6) is -0.135. The topological polar surface area (TPSA) is 67.2 Å². The van der Waals surface area contributed by atoms with Gasteiger partial charge in [-0.25, -0.2) is 0 Å². The third-order valence-corrected chi connectivity index (χ3v) is 2.20. The van der Waals surface area contributed by atoms with Gasteiger partial charge >= 0.3 is 0 Å². The highest BCUT2D eigenvalue weighted by Crippen LogP contribution is 2.19. The molecule has 4 heteroatoms. The van der Waals surface area contributed by atoms with E-state index < -0.39 is 0 Å². The molecule has 0 saturated heterocycles. The number of carbonyl (C=O) groups is 1. The molecule has 0 aromatic heterocycles. The molecule has 0 fully saturated rings. The third kappa shape index (κ3) is 3.02. The Hall–Kier alpha value is -1.97. The Bertz CT molecular complexity index is 388. The molecule has 0 unspecified atom stereocenters. The quantitative estimate of drug-likeness (QED) is 0.400. The average Bonchev–Trinajstić information content (AvgIpc) is 2.30. The highest BCUT2D eigenvalue weighted by Gasteiger charge is 2.05. The first-order chi connectivity index (χ1) is 7.69. The summed E-state index contributed by atoms with van der Waals surface area (Å²) in [7, 11) is 1.59. The first kappa shape index (κ1) is 12.1. The molecule has 1 aromatic rings. The number of benzene rings is 1. The molecule has 0 spiro atoms. The van der Waals surface area contributed by atoms with Gasteiger partial charge in [0.05, 0.1) is 11.4 Å². The minimum Gasteiger partial charge on any atom is -0.397 e. The van der Waals surface area contributed by atoms with Crippen molar-refractivity contribution in [3.05, 3.63) is 36.4 Å². The molecule has 1 aromatic carbocycles. The smallest absolute Gasteiger partial charge is 0.251 e. The average molecular weight is 219 g/mol. The molecule has 16 heavy (non-hydrogen) atoms. The molecule has 1 rings (SSSR count). The normalized spacial score (nSPS) is 9.56. The largest absolute Gasteiger partial charge is 0.397 e. The monoisotopic (exact) mass is 219 g/mol. The number of nitrogens with two attached hydrogens (primary N) is 1. The van der Waals surface area contributed by atoms with Crippen molar-refractivity contribution >= 4 is 17.3 Å². The van der Waals surface area contributed by atoms with Gasteiger partial charge in [-0.05, 0) is 24.6 Å². The van der Waals surface area contributed by atoms with Crippen LogP contribution in [0.2, 0.25) is 0 Å². The molecule has 0 heterocycles. The molecule has 0 aliphatic rings. The maximum atomic E-state index is 11.3. The maximum Gasteiger partial charge on any atom is 0.251 e. The number of hydrogen-bond acceptors (Lipinski definition) is 3. The van der Waals surface area contributed by atoms with Gasteiger partial charge in [0.15, 0.2) is 0 Å². The molecule has 86 valence electrons. The number of carbonyl (C=O) groups excluding carboxylic acids is 1. The van der Waals surface area contributed by atoms with E-state index in [0.29, 0.717) is 11.3 Å². The number of hydrogen-bond donors (Lipinski definition) is 3. The Labute approximate surface area is 95.5 Å². The lowest BCUT2D eigenvalue weighted by Crippen LogP contribution is -2.18. The Morgan fingerprint density at radius 2 is 2.31 bits per heavy atom. The van der Waals surface area contributed by atoms with Gasteiger partial charge in [-0.3, -0.25) is 4.79 Å². The van der Waals surface area contributed by atoms with E-state index in [1.54, 1.807) is 19.2 Å². The zero-order valence-corrected chi connectivity index (χ0v) is 9.42. The van der Waals surface area contributed by atoms with Crippen molar-refractivity contribution in [2.75, 3.05) is 24.6 Å². The summed E-state index contributed by atoms with van der Waals surface area (Å²) in [5.41, 5.74) is 7.81. The van der Waals surface area contributed by atoms with Gasteiger partial charge in [-0.2, -0.15) is 0 Å². The SMILES string of the molecule is C=CCCNc1ccc(C(=O)NC)cc1N. The third-order valence-electron chi connectivity index (χ3n) is 2.20. The predicted molar refractivity (Wildman–Crippen MR) is 67.5 cm³/mol. The fraction of sp³-hybridized carbons (Fsp3) is 0.250. The summed E-state index contributed by atoms with van der Waals surface area (Å²) >= 11 is 0. The van der Waals surface area contributed by atoms with Crippen molar-refractivity contribution in [2.45, 2.75) is 6.42 Å². The van der Waals surface area contributed by atoms with Crippen LogP contribution in [-0.4, -0.2) is 19.5 Å². The van der Waals surface area contributed by atoms with Crippen LogP contribution in [-0.2, 0) is 0 Å². The first-order valence-corrected chi connectivity index (χ1v) is 5.15. The van der Waals surface area contributed by atoms with Crippen molar-refractivity contribution in [1.82, 2.24) is 5.32 Å². The number of amides is 1. The molecular weight excluding hydrogens is 202 g/mol. The highest BCUT2D eigenvalue weighted by atomic mass is 16.1. The van der Waals surface area contributed by atoms with Crippen LogP contribution in [0.4, 0.5) is 11.4 Å². The van der Waals surface area contributed by atoms with Crippen LogP contribution in [0.25, 0.3) is 0 Å². The van der Waals surface area contributed by atoms with Gasteiger partial charge in [0, 0.05) is 19.2 Å². The second-order valence-corrected chi connectivity index (χ2v) is 3.39. The van der Waals surface area contributed by atoms with Crippen LogP contribution in [0.1, 0.15) is 16.8 Å². The van der Waals surface area contributed by atoms with Gasteiger partial charge in [0.25, 0.3) is 5.91 Å². The van der Waals surface area contributed by atoms with Crippen LogP contribution in [0.3, 0.4) is 0 Å². The van der Waals surface area contributed by atoms with E-state index in [-0.39, 0.29) is 5.91 Å². The summed E-state index contributed by atoms with van der Waals surface area (Å²) in [6.07, 6.45) is 2.71. The molecule has 1 amide bonds. The number of nitrogens with one attached hydrogen (secondary N) is 2. The summed E-state index contributed by atoms with van der Waals surface area (Å²) in [6, 6.07) is 5.21. The molecule has 0 aliphatic carbocycles. The van der Waals surface area contributed by atoms with Gasteiger partial charge in [0.1, 0.15) is 0 Å². The molecule has 0 aliphatic heterocycles. The molecule has 4 N–H and O–H groups in total. The van der Waals surface area contributed by atoms with Crippen molar-refractivity contribution in [2.24, 2.45) is 0 Å². The molecule has 0 radical (unpaired) electrons. The lowest BCUT2D eigenvalue weighted by atomic mass is 10.1. The van der Waals surface area contributed by atoms with E-state index in [1.165, 1.54) is 0 Å². The second-order valence-electron chi connectivity index (χ2n) is 3.39. The molecule has 4 nitrogen and oxygen atoms in total. The Balaban J connectivity index is 2.75. The van der Waals surface area contributed by atoms with E-state index >= 15 is 0 Å². The van der Waals surface area contributed by atoms with E-state index in [9.17, 15) is 4.79 Å². The Kier molecular flexibility index (Phi) is 4.39. The van der Waals surface area contributed by atoms with Crippen LogP contribution in [0.15, 0.2) is 30.9 Å². The number of rotatable bonds is 5. The predicted octanol–water partition coefficient (Wildman–Crippen LogP) is 1.62. The summed E-state index contributed by atoms with van der Waals surface area (Å²) in [6.45, 7) is 4.42. The van der Waals surface area contributed by atoms with Gasteiger partial charge in [0.2, 0.25) is 0 Å². The van der Waals surface area contributed by atoms with Crippen LogP contribution >= 0.6 is 0 Å². The standard InChI is InChI=1S/C12H17N3O/c1-3-4-7-15-11-6-5-9(8-10(11)13)12(16)14-2/h3,5-6,8,15H,1,4,7,13H2,2H3,(H,14,16). The summed E-state index contributed by atoms with van der Waals surface area (Å²) in [5, 5.41) is 5.72. The first-order valence-electron chi connectivity index (χ1n) is 5.15. The zero-order chi connectivity index (χ0) is 12.0. The van der Waals surface area contributed by atoms with E-state index in [4.69, 9.17) is 5.73 Å². The van der Waals surface area contributed by atoms with Gasteiger partial charge in [-0.1, -0.05) is 6.08 Å².